The molecule has 0 saturated carbocycles. The molecule has 0 atom stereocenters. The van der Waals surface area contributed by atoms with Gasteiger partial charge in [-0.2, -0.15) is 0 Å². The summed E-state index contributed by atoms with van der Waals surface area (Å²) in [7, 11) is 6.59. The number of guanidine groups is 1. The number of fused-ring (bicyclic) bond motifs is 1. The van der Waals surface area contributed by atoms with E-state index in [0.29, 0.717) is 29.8 Å². The molecule has 1 heterocycles. The molecule has 0 bridgehead atoms. The molecule has 2 aromatic rings. The van der Waals surface area contributed by atoms with E-state index in [4.69, 9.17) is 23.7 Å². The van der Waals surface area contributed by atoms with Gasteiger partial charge in [-0.1, -0.05) is 6.07 Å². The highest BCUT2D eigenvalue weighted by molar-refractivity contribution is 14.0. The van der Waals surface area contributed by atoms with E-state index in [-0.39, 0.29) is 30.8 Å². The molecule has 0 aromatic heterocycles. The summed E-state index contributed by atoms with van der Waals surface area (Å²) in [5.74, 6) is 4.32. The summed E-state index contributed by atoms with van der Waals surface area (Å²) in [5, 5.41) is 6.61. The summed E-state index contributed by atoms with van der Waals surface area (Å²) in [5.41, 5.74) is 2.05. The van der Waals surface area contributed by atoms with Gasteiger partial charge in [-0.15, -0.1) is 24.0 Å². The Bertz CT molecular complexity index is 851. The van der Waals surface area contributed by atoms with Crippen molar-refractivity contribution in [3.8, 4) is 28.7 Å². The number of nitrogens with zero attached hydrogens (tertiary/aromatic N) is 1. The second-order valence-corrected chi connectivity index (χ2v) is 6.30. The van der Waals surface area contributed by atoms with Crippen LogP contribution in [0.15, 0.2) is 35.3 Å². The number of methoxy groups -OCH3 is 3. The van der Waals surface area contributed by atoms with E-state index < -0.39 is 0 Å². The van der Waals surface area contributed by atoms with Crippen molar-refractivity contribution >= 4 is 29.9 Å². The van der Waals surface area contributed by atoms with Gasteiger partial charge in [0.25, 0.3) is 0 Å². The van der Waals surface area contributed by atoms with Crippen LogP contribution in [0, 0.1) is 0 Å². The molecule has 0 unspecified atom stereocenters. The molecular formula is C21H28IN3O5. The van der Waals surface area contributed by atoms with Crippen molar-refractivity contribution in [3.63, 3.8) is 0 Å². The van der Waals surface area contributed by atoms with Gasteiger partial charge in [0.2, 0.25) is 6.79 Å². The summed E-state index contributed by atoms with van der Waals surface area (Å²) in [4.78, 5) is 4.28. The topological polar surface area (TPSA) is 82.6 Å². The summed E-state index contributed by atoms with van der Waals surface area (Å²) in [6, 6.07) is 9.64. The van der Waals surface area contributed by atoms with Crippen molar-refractivity contribution < 1.29 is 23.7 Å². The number of ether oxygens (including phenoxy) is 5. The molecule has 1 aliphatic heterocycles. The van der Waals surface area contributed by atoms with Gasteiger partial charge in [0.05, 0.1) is 33.4 Å². The average Bonchev–Trinajstić information content (AvgIpc) is 3.23. The third kappa shape index (κ3) is 5.74. The van der Waals surface area contributed by atoms with Crippen molar-refractivity contribution in [1.29, 1.82) is 0 Å². The molecular weight excluding hydrogens is 501 g/mol. The third-order valence-corrected chi connectivity index (χ3v) is 4.62. The summed E-state index contributed by atoms with van der Waals surface area (Å²) < 4.78 is 27.0. The Labute approximate surface area is 193 Å². The minimum Gasteiger partial charge on any atom is -0.496 e. The van der Waals surface area contributed by atoms with Crippen molar-refractivity contribution in [3.05, 3.63) is 41.5 Å². The van der Waals surface area contributed by atoms with Gasteiger partial charge >= 0.3 is 0 Å². The third-order valence-electron chi connectivity index (χ3n) is 4.62. The lowest BCUT2D eigenvalue weighted by Crippen LogP contribution is -2.38. The molecule has 30 heavy (non-hydrogen) atoms. The molecule has 0 fully saturated rings. The molecule has 0 saturated heterocycles. The van der Waals surface area contributed by atoms with E-state index in [2.05, 4.69) is 15.6 Å². The Hall–Kier alpha value is -2.56. The zero-order valence-electron chi connectivity index (χ0n) is 17.6. The van der Waals surface area contributed by atoms with Gasteiger partial charge in [-0.3, -0.25) is 4.99 Å². The van der Waals surface area contributed by atoms with Crippen molar-refractivity contribution in [2.24, 2.45) is 4.99 Å². The highest BCUT2D eigenvalue weighted by Crippen LogP contribution is 2.34. The number of rotatable bonds is 8. The van der Waals surface area contributed by atoms with Gasteiger partial charge in [0, 0.05) is 25.7 Å². The highest BCUT2D eigenvalue weighted by Gasteiger charge is 2.15. The van der Waals surface area contributed by atoms with Crippen LogP contribution in [0.25, 0.3) is 0 Å². The van der Waals surface area contributed by atoms with Gasteiger partial charge in [0.15, 0.2) is 17.5 Å². The lowest BCUT2D eigenvalue weighted by molar-refractivity contribution is 0.174. The molecule has 8 nitrogen and oxygen atoms in total. The van der Waals surface area contributed by atoms with E-state index in [9.17, 15) is 0 Å². The first kappa shape index (κ1) is 23.7. The van der Waals surface area contributed by atoms with Crippen LogP contribution in [-0.2, 0) is 13.0 Å². The van der Waals surface area contributed by atoms with E-state index in [1.165, 1.54) is 0 Å². The number of halogens is 1. The van der Waals surface area contributed by atoms with E-state index in [0.717, 1.165) is 35.6 Å². The second-order valence-electron chi connectivity index (χ2n) is 6.30. The number of hydrogen-bond acceptors (Lipinski definition) is 6. The average molecular weight is 529 g/mol. The Balaban J connectivity index is 0.00000320. The van der Waals surface area contributed by atoms with Crippen LogP contribution < -0.4 is 34.3 Å². The molecule has 9 heteroatoms. The van der Waals surface area contributed by atoms with Crippen molar-refractivity contribution in [1.82, 2.24) is 10.6 Å². The normalized spacial score (nSPS) is 12.1. The molecule has 0 aliphatic carbocycles. The Morgan fingerprint density at radius 2 is 1.67 bits per heavy atom. The summed E-state index contributed by atoms with van der Waals surface area (Å²) in [6.45, 7) is 1.49. The molecule has 164 valence electrons. The molecule has 2 N–H and O–H groups in total. The molecule has 3 rings (SSSR count). The van der Waals surface area contributed by atoms with Crippen LogP contribution in [0.2, 0.25) is 0 Å². The summed E-state index contributed by atoms with van der Waals surface area (Å²) in [6.07, 6.45) is 0.826. The fraction of sp³-hybridized carbons (Fsp3) is 0.381. The SMILES string of the molecule is CN=C(NCCc1ccc2c(c1)OCO2)NCc1c(OC)cc(OC)cc1OC.I. The predicted molar refractivity (Wildman–Crippen MR) is 126 cm³/mol. The van der Waals surface area contributed by atoms with E-state index in [1.54, 1.807) is 28.4 Å². The molecule has 2 aromatic carbocycles. The standard InChI is InChI=1S/C21H27N3O5.HI/c1-22-21(23-8-7-14-5-6-17-20(9-14)29-13-28-17)24-12-16-18(26-3)10-15(25-2)11-19(16)27-4;/h5-6,9-11H,7-8,12-13H2,1-4H3,(H2,22,23,24);1H. The van der Waals surface area contributed by atoms with Crippen LogP contribution >= 0.6 is 24.0 Å². The van der Waals surface area contributed by atoms with E-state index in [1.807, 2.05) is 30.3 Å². The Kier molecular flexibility index (Phi) is 9.15. The first-order valence-corrected chi connectivity index (χ1v) is 9.30. The number of nitrogens with one attached hydrogen (secondary N) is 2. The molecule has 0 spiro atoms. The van der Waals surface area contributed by atoms with Gasteiger partial charge in [-0.25, -0.2) is 0 Å². The largest absolute Gasteiger partial charge is 0.496 e. The summed E-state index contributed by atoms with van der Waals surface area (Å²) >= 11 is 0. The zero-order chi connectivity index (χ0) is 20.6. The second kappa shape index (κ2) is 11.6. The smallest absolute Gasteiger partial charge is 0.231 e. The molecule has 0 amide bonds. The highest BCUT2D eigenvalue weighted by atomic mass is 127. The van der Waals surface area contributed by atoms with Crippen LogP contribution in [0.5, 0.6) is 28.7 Å². The van der Waals surface area contributed by atoms with E-state index >= 15 is 0 Å². The Morgan fingerprint density at radius 3 is 2.30 bits per heavy atom. The maximum atomic E-state index is 5.49. The lowest BCUT2D eigenvalue weighted by atomic mass is 10.1. The fourth-order valence-corrected chi connectivity index (χ4v) is 3.07. The van der Waals surface area contributed by atoms with Gasteiger partial charge in [0.1, 0.15) is 17.2 Å². The lowest BCUT2D eigenvalue weighted by Gasteiger charge is -2.17. The minimum absolute atomic E-state index is 0. The predicted octanol–water partition coefficient (Wildman–Crippen LogP) is 2.97. The van der Waals surface area contributed by atoms with Crippen LogP contribution in [0.1, 0.15) is 11.1 Å². The maximum Gasteiger partial charge on any atom is 0.231 e. The first-order chi connectivity index (χ1) is 14.2. The van der Waals surface area contributed by atoms with Crippen LogP contribution in [0.4, 0.5) is 0 Å². The number of aliphatic imine (C=N–C) groups is 1. The van der Waals surface area contributed by atoms with Crippen LogP contribution in [-0.4, -0.2) is 47.7 Å². The van der Waals surface area contributed by atoms with Gasteiger partial charge in [-0.05, 0) is 24.1 Å². The first-order valence-electron chi connectivity index (χ1n) is 9.30. The minimum atomic E-state index is 0. The monoisotopic (exact) mass is 529 g/mol. The van der Waals surface area contributed by atoms with Crippen molar-refractivity contribution in [2.45, 2.75) is 13.0 Å². The maximum absolute atomic E-state index is 5.49. The van der Waals surface area contributed by atoms with Gasteiger partial charge < -0.3 is 34.3 Å². The molecule has 1 aliphatic rings. The number of benzene rings is 2. The number of hydrogen-bond donors (Lipinski definition) is 2. The Morgan fingerprint density at radius 1 is 0.967 bits per heavy atom. The zero-order valence-corrected chi connectivity index (χ0v) is 19.9. The van der Waals surface area contributed by atoms with Crippen LogP contribution in [0.3, 0.4) is 0 Å². The molecule has 0 radical (unpaired) electrons. The fourth-order valence-electron chi connectivity index (χ4n) is 3.07. The van der Waals surface area contributed by atoms with Crippen molar-refractivity contribution in [2.75, 3.05) is 41.7 Å². The quantitative estimate of drug-likeness (QED) is 0.309.